The number of aromatic nitrogens is 1. The van der Waals surface area contributed by atoms with Crippen molar-refractivity contribution < 1.29 is 4.79 Å². The fourth-order valence-corrected chi connectivity index (χ4v) is 4.46. The van der Waals surface area contributed by atoms with Crippen LogP contribution in [-0.4, -0.2) is 10.5 Å². The highest BCUT2D eigenvalue weighted by atomic mass is 32.1. The van der Waals surface area contributed by atoms with Crippen molar-refractivity contribution in [3.05, 3.63) is 113 Å². The molecule has 3 aromatic carbocycles. The second kappa shape index (κ2) is 8.41. The van der Waals surface area contributed by atoms with E-state index < -0.39 is 0 Å². The number of carbonyl (C=O) groups is 1. The number of amides is 1. The van der Waals surface area contributed by atoms with Gasteiger partial charge in [-0.1, -0.05) is 65.9 Å². The number of carbonyl (C=O) groups excluding carboxylic acids is 1. The third kappa shape index (κ3) is 4.28. The van der Waals surface area contributed by atoms with Crippen LogP contribution in [0.4, 0.5) is 0 Å². The molecule has 1 heterocycles. The summed E-state index contributed by atoms with van der Waals surface area (Å²) < 4.78 is 3.16. The van der Waals surface area contributed by atoms with E-state index in [1.54, 1.807) is 0 Å². The number of fused-ring (bicyclic) bond motifs is 1. The first-order valence-corrected chi connectivity index (χ1v) is 10.4. The standard InChI is InChI=1S/C25H22N2OS/c1-3-15-27-22-14-9-18(2)16-23(22)29-25(27)26-24(28)21-12-10-20(11-13-21)17-19-7-5-4-6-8-19/h3-14,16H,1,15,17H2,2H3. The van der Waals surface area contributed by atoms with Crippen LogP contribution in [0, 0.1) is 6.92 Å². The molecule has 0 radical (unpaired) electrons. The van der Waals surface area contributed by atoms with Crippen molar-refractivity contribution in [3.63, 3.8) is 0 Å². The molecule has 144 valence electrons. The summed E-state index contributed by atoms with van der Waals surface area (Å²) in [5, 5.41) is 0. The average Bonchev–Trinajstić information content (AvgIpc) is 3.05. The Kier molecular flexibility index (Phi) is 5.54. The summed E-state index contributed by atoms with van der Waals surface area (Å²) in [6.45, 7) is 6.52. The highest BCUT2D eigenvalue weighted by molar-refractivity contribution is 7.16. The summed E-state index contributed by atoms with van der Waals surface area (Å²) in [6, 6.07) is 24.3. The molecule has 0 saturated heterocycles. The van der Waals surface area contributed by atoms with Crippen molar-refractivity contribution in [1.82, 2.24) is 4.57 Å². The first-order valence-electron chi connectivity index (χ1n) is 9.57. The first-order chi connectivity index (χ1) is 14.1. The third-order valence-corrected chi connectivity index (χ3v) is 5.84. The topological polar surface area (TPSA) is 34.4 Å². The summed E-state index contributed by atoms with van der Waals surface area (Å²) in [5.41, 5.74) is 5.29. The van der Waals surface area contributed by atoms with E-state index in [9.17, 15) is 4.79 Å². The Labute approximate surface area is 174 Å². The highest BCUT2D eigenvalue weighted by Crippen LogP contribution is 2.19. The molecule has 1 amide bonds. The van der Waals surface area contributed by atoms with E-state index >= 15 is 0 Å². The van der Waals surface area contributed by atoms with Gasteiger partial charge in [-0.2, -0.15) is 4.99 Å². The fraction of sp³-hybridized carbons (Fsp3) is 0.120. The van der Waals surface area contributed by atoms with Crippen LogP contribution >= 0.6 is 11.3 Å². The molecule has 4 rings (SSSR count). The quantitative estimate of drug-likeness (QED) is 0.407. The van der Waals surface area contributed by atoms with E-state index in [0.29, 0.717) is 16.9 Å². The molecular weight excluding hydrogens is 376 g/mol. The molecule has 0 N–H and O–H groups in total. The smallest absolute Gasteiger partial charge is 0.279 e. The zero-order valence-electron chi connectivity index (χ0n) is 16.3. The number of hydrogen-bond acceptors (Lipinski definition) is 2. The molecule has 0 bridgehead atoms. The van der Waals surface area contributed by atoms with Crippen molar-refractivity contribution in [1.29, 1.82) is 0 Å². The average molecular weight is 399 g/mol. The van der Waals surface area contributed by atoms with E-state index in [1.165, 1.54) is 28.0 Å². The molecule has 0 atom stereocenters. The van der Waals surface area contributed by atoms with Gasteiger partial charge in [0.25, 0.3) is 5.91 Å². The number of benzene rings is 3. The largest absolute Gasteiger partial charge is 0.312 e. The van der Waals surface area contributed by atoms with Gasteiger partial charge in [0.15, 0.2) is 4.80 Å². The lowest BCUT2D eigenvalue weighted by molar-refractivity contribution is 0.0998. The zero-order chi connectivity index (χ0) is 20.2. The molecule has 0 aliphatic heterocycles. The minimum absolute atomic E-state index is 0.225. The minimum atomic E-state index is -0.225. The Hall–Kier alpha value is -3.24. The van der Waals surface area contributed by atoms with E-state index in [2.05, 4.69) is 48.8 Å². The Balaban J connectivity index is 1.64. The number of rotatable bonds is 5. The van der Waals surface area contributed by atoms with Crippen molar-refractivity contribution in [3.8, 4) is 0 Å². The number of thiazole rings is 1. The molecule has 0 aliphatic carbocycles. The molecule has 0 unspecified atom stereocenters. The number of nitrogens with zero attached hydrogens (tertiary/aromatic N) is 2. The maximum atomic E-state index is 12.8. The summed E-state index contributed by atoms with van der Waals surface area (Å²) in [4.78, 5) is 17.9. The van der Waals surface area contributed by atoms with Gasteiger partial charge < -0.3 is 4.57 Å². The first kappa shape index (κ1) is 19.1. The van der Waals surface area contributed by atoms with E-state index in [-0.39, 0.29) is 5.91 Å². The van der Waals surface area contributed by atoms with Crippen LogP contribution in [0.1, 0.15) is 27.0 Å². The third-order valence-electron chi connectivity index (χ3n) is 4.80. The maximum Gasteiger partial charge on any atom is 0.279 e. The van der Waals surface area contributed by atoms with Gasteiger partial charge in [0.05, 0.1) is 10.2 Å². The predicted molar refractivity (Wildman–Crippen MR) is 120 cm³/mol. The lowest BCUT2D eigenvalue weighted by Gasteiger charge is -2.03. The van der Waals surface area contributed by atoms with Gasteiger partial charge in [0, 0.05) is 12.1 Å². The van der Waals surface area contributed by atoms with Crippen LogP contribution in [-0.2, 0) is 13.0 Å². The molecule has 0 saturated carbocycles. The van der Waals surface area contributed by atoms with Gasteiger partial charge in [-0.15, -0.1) is 6.58 Å². The van der Waals surface area contributed by atoms with Gasteiger partial charge in [-0.05, 0) is 54.3 Å². The Morgan fingerprint density at radius 1 is 1.03 bits per heavy atom. The zero-order valence-corrected chi connectivity index (χ0v) is 17.2. The van der Waals surface area contributed by atoms with E-state index in [0.717, 1.165) is 16.6 Å². The van der Waals surface area contributed by atoms with Crippen LogP contribution in [0.5, 0.6) is 0 Å². The lowest BCUT2D eigenvalue weighted by atomic mass is 10.0. The molecule has 3 nitrogen and oxygen atoms in total. The van der Waals surface area contributed by atoms with Crippen LogP contribution < -0.4 is 4.80 Å². The van der Waals surface area contributed by atoms with Gasteiger partial charge >= 0.3 is 0 Å². The van der Waals surface area contributed by atoms with Gasteiger partial charge in [-0.25, -0.2) is 0 Å². The second-order valence-electron chi connectivity index (χ2n) is 7.03. The fourth-order valence-electron chi connectivity index (χ4n) is 3.32. The number of hydrogen-bond donors (Lipinski definition) is 0. The summed E-state index contributed by atoms with van der Waals surface area (Å²) in [6.07, 6.45) is 2.68. The number of aryl methyl sites for hydroxylation is 1. The van der Waals surface area contributed by atoms with Crippen molar-refractivity contribution in [2.75, 3.05) is 0 Å². The van der Waals surface area contributed by atoms with Gasteiger partial charge in [0.2, 0.25) is 0 Å². The molecule has 4 aromatic rings. The lowest BCUT2D eigenvalue weighted by Crippen LogP contribution is -2.16. The van der Waals surface area contributed by atoms with Crippen molar-refractivity contribution in [2.24, 2.45) is 4.99 Å². The Morgan fingerprint density at radius 3 is 2.48 bits per heavy atom. The molecule has 4 heteroatoms. The van der Waals surface area contributed by atoms with E-state index in [1.807, 2.05) is 53.1 Å². The predicted octanol–water partition coefficient (Wildman–Crippen LogP) is 5.53. The monoisotopic (exact) mass is 398 g/mol. The van der Waals surface area contributed by atoms with Crippen molar-refractivity contribution >= 4 is 27.5 Å². The van der Waals surface area contributed by atoms with Crippen LogP contribution in [0.15, 0.2) is 90.4 Å². The summed E-state index contributed by atoms with van der Waals surface area (Å²) >= 11 is 1.53. The minimum Gasteiger partial charge on any atom is -0.312 e. The van der Waals surface area contributed by atoms with Crippen LogP contribution in [0.3, 0.4) is 0 Å². The Bertz CT molecular complexity index is 1230. The molecule has 0 fully saturated rings. The van der Waals surface area contributed by atoms with Crippen LogP contribution in [0.25, 0.3) is 10.2 Å². The van der Waals surface area contributed by atoms with Crippen molar-refractivity contribution in [2.45, 2.75) is 19.9 Å². The second-order valence-corrected chi connectivity index (χ2v) is 8.04. The summed E-state index contributed by atoms with van der Waals surface area (Å²) in [7, 11) is 0. The molecular formula is C25H22N2OS. The maximum absolute atomic E-state index is 12.8. The molecule has 0 aliphatic rings. The van der Waals surface area contributed by atoms with E-state index in [4.69, 9.17) is 0 Å². The Morgan fingerprint density at radius 2 is 1.76 bits per heavy atom. The molecule has 1 aromatic heterocycles. The normalized spacial score (nSPS) is 11.7. The summed E-state index contributed by atoms with van der Waals surface area (Å²) in [5.74, 6) is -0.225. The molecule has 0 spiro atoms. The highest BCUT2D eigenvalue weighted by Gasteiger charge is 2.09. The van der Waals surface area contributed by atoms with Gasteiger partial charge in [-0.3, -0.25) is 4.79 Å². The molecule has 29 heavy (non-hydrogen) atoms. The van der Waals surface area contributed by atoms with Crippen LogP contribution in [0.2, 0.25) is 0 Å². The number of allylic oxidation sites excluding steroid dienone is 1. The SMILES string of the molecule is C=CCn1c(=NC(=O)c2ccc(Cc3ccccc3)cc2)sc2cc(C)ccc21. The van der Waals surface area contributed by atoms with Gasteiger partial charge in [0.1, 0.15) is 0 Å².